The molecule has 1 heterocycles. The first-order valence-corrected chi connectivity index (χ1v) is 8.82. The third kappa shape index (κ3) is 5.33. The van der Waals surface area contributed by atoms with E-state index in [9.17, 15) is 9.59 Å². The summed E-state index contributed by atoms with van der Waals surface area (Å²) in [5.74, 6) is 0.213. The van der Waals surface area contributed by atoms with Gasteiger partial charge in [-0.2, -0.15) is 0 Å². The second kappa shape index (κ2) is 9.41. The normalized spacial score (nSPS) is 20.2. The van der Waals surface area contributed by atoms with Gasteiger partial charge in [-0.3, -0.25) is 9.59 Å². The number of nitrogens with two attached hydrogens (primary N) is 1. The molecule has 0 radical (unpaired) electrons. The van der Waals surface area contributed by atoms with Gasteiger partial charge in [0.25, 0.3) is 5.91 Å². The minimum atomic E-state index is -0.134. The third-order valence-electron chi connectivity index (χ3n) is 4.50. The average Bonchev–Trinajstić information content (AvgIpc) is 2.55. The van der Waals surface area contributed by atoms with Gasteiger partial charge >= 0.3 is 0 Å². The molecule has 2 rings (SSSR count). The zero-order chi connectivity index (χ0) is 17.9. The highest BCUT2D eigenvalue weighted by molar-refractivity contribution is 6.34. The summed E-state index contributed by atoms with van der Waals surface area (Å²) >= 11 is 6.24. The summed E-state index contributed by atoms with van der Waals surface area (Å²) in [6.45, 7) is 6.94. The number of amides is 2. The maximum atomic E-state index is 12.9. The van der Waals surface area contributed by atoms with Crippen LogP contribution in [0.5, 0.6) is 0 Å². The average molecular weight is 388 g/mol. The van der Waals surface area contributed by atoms with Gasteiger partial charge in [0.05, 0.1) is 10.6 Å². The van der Waals surface area contributed by atoms with Crippen LogP contribution in [0.25, 0.3) is 0 Å². The Bertz CT molecular complexity index is 622. The number of rotatable bonds is 4. The fourth-order valence-electron chi connectivity index (χ4n) is 2.95. The van der Waals surface area contributed by atoms with Gasteiger partial charge in [0.2, 0.25) is 5.91 Å². The summed E-state index contributed by atoms with van der Waals surface area (Å²) in [6, 6.07) is 5.04. The van der Waals surface area contributed by atoms with Gasteiger partial charge in [0.1, 0.15) is 0 Å². The van der Waals surface area contributed by atoms with E-state index in [1.807, 2.05) is 18.7 Å². The number of carbonyl (C=O) groups excluding carboxylic acids is 2. The molecule has 140 valence electrons. The maximum absolute atomic E-state index is 12.9. The van der Waals surface area contributed by atoms with Crippen molar-refractivity contribution in [3.8, 4) is 0 Å². The van der Waals surface area contributed by atoms with Crippen LogP contribution < -0.4 is 11.1 Å². The van der Waals surface area contributed by atoms with Crippen molar-refractivity contribution < 1.29 is 9.59 Å². The van der Waals surface area contributed by atoms with Gasteiger partial charge in [-0.1, -0.05) is 32.4 Å². The number of halogens is 2. The van der Waals surface area contributed by atoms with Crippen LogP contribution in [0.1, 0.15) is 44.0 Å². The smallest absolute Gasteiger partial charge is 0.255 e. The molecule has 0 aromatic heterocycles. The summed E-state index contributed by atoms with van der Waals surface area (Å²) in [4.78, 5) is 26.6. The predicted molar refractivity (Wildman–Crippen MR) is 104 cm³/mol. The van der Waals surface area contributed by atoms with Crippen LogP contribution in [0, 0.1) is 11.8 Å². The number of nitrogens with zero attached hydrogens (tertiary/aromatic N) is 1. The molecule has 2 unspecified atom stereocenters. The van der Waals surface area contributed by atoms with Crippen molar-refractivity contribution in [3.63, 3.8) is 0 Å². The highest BCUT2D eigenvalue weighted by atomic mass is 35.5. The van der Waals surface area contributed by atoms with E-state index < -0.39 is 0 Å². The first-order chi connectivity index (χ1) is 11.3. The molecule has 0 aliphatic carbocycles. The lowest BCUT2D eigenvalue weighted by Gasteiger charge is -2.38. The number of hydrogen-bond acceptors (Lipinski definition) is 3. The van der Waals surface area contributed by atoms with Crippen molar-refractivity contribution in [2.75, 3.05) is 18.4 Å². The van der Waals surface area contributed by atoms with Gasteiger partial charge in [0.15, 0.2) is 0 Å². The molecule has 1 saturated heterocycles. The highest BCUT2D eigenvalue weighted by Gasteiger charge is 2.30. The van der Waals surface area contributed by atoms with Crippen molar-refractivity contribution in [3.05, 3.63) is 28.8 Å². The molecular formula is C18H27Cl2N3O2. The Morgan fingerprint density at radius 1 is 1.40 bits per heavy atom. The molecular weight excluding hydrogens is 361 g/mol. The van der Waals surface area contributed by atoms with Crippen molar-refractivity contribution in [1.82, 2.24) is 4.90 Å². The van der Waals surface area contributed by atoms with Crippen LogP contribution in [0.15, 0.2) is 18.2 Å². The quantitative estimate of drug-likeness (QED) is 0.828. The summed E-state index contributed by atoms with van der Waals surface area (Å²) in [6.07, 6.45) is 1.87. The van der Waals surface area contributed by atoms with E-state index in [0.29, 0.717) is 35.3 Å². The lowest BCUT2D eigenvalue weighted by molar-refractivity contribution is -0.118. The number of anilines is 1. The number of likely N-dealkylation sites (tertiary alicyclic amines) is 1. The number of piperidine rings is 1. The molecule has 2 amide bonds. The summed E-state index contributed by atoms with van der Waals surface area (Å²) in [5.41, 5.74) is 6.84. The molecule has 2 atom stereocenters. The summed E-state index contributed by atoms with van der Waals surface area (Å²) in [5, 5.41) is 3.19. The van der Waals surface area contributed by atoms with E-state index in [1.54, 1.807) is 18.2 Å². The zero-order valence-corrected chi connectivity index (χ0v) is 16.5. The molecule has 0 saturated carbocycles. The fourth-order valence-corrected chi connectivity index (χ4v) is 3.15. The fraction of sp³-hybridized carbons (Fsp3) is 0.556. The van der Waals surface area contributed by atoms with Crippen LogP contribution >= 0.6 is 24.0 Å². The molecule has 1 aromatic rings. The van der Waals surface area contributed by atoms with Crippen molar-refractivity contribution in [2.24, 2.45) is 17.6 Å². The summed E-state index contributed by atoms with van der Waals surface area (Å²) < 4.78 is 0. The lowest BCUT2D eigenvalue weighted by Crippen LogP contribution is -2.49. The number of hydrogen-bond donors (Lipinski definition) is 2. The Balaban J connectivity index is 0.00000312. The number of benzene rings is 1. The highest BCUT2D eigenvalue weighted by Crippen LogP contribution is 2.27. The van der Waals surface area contributed by atoms with Crippen LogP contribution in [-0.4, -0.2) is 35.8 Å². The predicted octanol–water partition coefficient (Wildman–Crippen LogP) is 3.56. The van der Waals surface area contributed by atoms with Gasteiger partial charge in [-0.25, -0.2) is 0 Å². The SMILES string of the molecule is CC1CCN(C(=O)c2cc(NC(=O)C(C)C)ccc2Cl)C(CN)C1.Cl. The van der Waals surface area contributed by atoms with Crippen LogP contribution in [-0.2, 0) is 4.79 Å². The third-order valence-corrected chi connectivity index (χ3v) is 4.83. The minimum absolute atomic E-state index is 0. The Kier molecular flexibility index (Phi) is 8.19. The van der Waals surface area contributed by atoms with Crippen LogP contribution in [0.4, 0.5) is 5.69 Å². The molecule has 3 N–H and O–H groups in total. The Morgan fingerprint density at radius 2 is 2.08 bits per heavy atom. The van der Waals surface area contributed by atoms with Crippen LogP contribution in [0.3, 0.4) is 0 Å². The monoisotopic (exact) mass is 387 g/mol. The van der Waals surface area contributed by atoms with Gasteiger partial charge in [-0.05, 0) is 37.0 Å². The summed E-state index contributed by atoms with van der Waals surface area (Å²) in [7, 11) is 0. The van der Waals surface area contributed by atoms with Crippen molar-refractivity contribution in [1.29, 1.82) is 0 Å². The van der Waals surface area contributed by atoms with E-state index in [2.05, 4.69) is 12.2 Å². The standard InChI is InChI=1S/C18H26ClN3O2.ClH/c1-11(2)17(23)21-13-4-5-16(19)15(9-13)18(24)22-7-6-12(3)8-14(22)10-20;/h4-5,9,11-12,14H,6-8,10,20H2,1-3H3,(H,21,23);1H. The van der Waals surface area contributed by atoms with E-state index in [0.717, 1.165) is 12.8 Å². The molecule has 1 aromatic carbocycles. The molecule has 0 spiro atoms. The number of nitrogens with one attached hydrogen (secondary N) is 1. The van der Waals surface area contributed by atoms with E-state index in [-0.39, 0.29) is 36.2 Å². The zero-order valence-electron chi connectivity index (χ0n) is 14.9. The Hall–Kier alpha value is -1.30. The molecule has 1 aliphatic rings. The molecule has 1 aliphatic heterocycles. The van der Waals surface area contributed by atoms with Crippen LogP contribution in [0.2, 0.25) is 5.02 Å². The van der Waals surface area contributed by atoms with E-state index >= 15 is 0 Å². The van der Waals surface area contributed by atoms with Gasteiger partial charge in [0, 0.05) is 30.7 Å². The second-order valence-electron chi connectivity index (χ2n) is 6.86. The van der Waals surface area contributed by atoms with Gasteiger partial charge < -0.3 is 16.0 Å². The molecule has 1 fully saturated rings. The van der Waals surface area contributed by atoms with Crippen molar-refractivity contribution in [2.45, 2.75) is 39.7 Å². The Labute approximate surface area is 160 Å². The molecule has 0 bridgehead atoms. The largest absolute Gasteiger partial charge is 0.334 e. The Morgan fingerprint density at radius 3 is 2.68 bits per heavy atom. The first kappa shape index (κ1) is 21.7. The minimum Gasteiger partial charge on any atom is -0.334 e. The van der Waals surface area contributed by atoms with E-state index in [1.165, 1.54) is 0 Å². The number of carbonyl (C=O) groups is 2. The first-order valence-electron chi connectivity index (χ1n) is 8.45. The van der Waals surface area contributed by atoms with Crippen molar-refractivity contribution >= 4 is 41.5 Å². The topological polar surface area (TPSA) is 75.4 Å². The maximum Gasteiger partial charge on any atom is 0.255 e. The van der Waals surface area contributed by atoms with E-state index in [4.69, 9.17) is 17.3 Å². The second-order valence-corrected chi connectivity index (χ2v) is 7.26. The van der Waals surface area contributed by atoms with Gasteiger partial charge in [-0.15, -0.1) is 12.4 Å². The molecule has 5 nitrogen and oxygen atoms in total. The molecule has 7 heteroatoms. The lowest BCUT2D eigenvalue weighted by atomic mass is 9.92. The molecule has 25 heavy (non-hydrogen) atoms.